The number of ether oxygens (including phenoxy) is 2. The van der Waals surface area contributed by atoms with Crippen LogP contribution in [0.15, 0.2) is 88.8 Å². The molecule has 0 spiro atoms. The minimum atomic E-state index is -4.64. The number of hydrogen-bond acceptors (Lipinski definition) is 9. The summed E-state index contributed by atoms with van der Waals surface area (Å²) in [5.74, 6) is -2.82. The summed E-state index contributed by atoms with van der Waals surface area (Å²) in [6.45, 7) is 0.612. The molecule has 1 amide bonds. The maximum Gasteiger partial charge on any atom is 0.411 e. The molecule has 1 aliphatic heterocycles. The van der Waals surface area contributed by atoms with Crippen molar-refractivity contribution in [1.29, 1.82) is 0 Å². The van der Waals surface area contributed by atoms with Gasteiger partial charge in [-0.1, -0.05) is 24.3 Å². The molecule has 51 heavy (non-hydrogen) atoms. The summed E-state index contributed by atoms with van der Waals surface area (Å²) in [5, 5.41) is 2.74. The van der Waals surface area contributed by atoms with E-state index in [0.29, 0.717) is 11.1 Å². The van der Waals surface area contributed by atoms with Gasteiger partial charge in [0, 0.05) is 38.1 Å². The molecule has 5 aromatic rings. The van der Waals surface area contributed by atoms with Crippen LogP contribution in [0, 0.1) is 12.7 Å². The fourth-order valence-electron chi connectivity index (χ4n) is 5.86. The number of rotatable bonds is 8. The van der Waals surface area contributed by atoms with Gasteiger partial charge >= 0.3 is 17.8 Å². The molecule has 0 aliphatic carbocycles. The lowest BCUT2D eigenvalue weighted by molar-refractivity contribution is -0.167. The lowest BCUT2D eigenvalue weighted by Gasteiger charge is -2.38. The molecule has 0 radical (unpaired) electrons. The van der Waals surface area contributed by atoms with Crippen molar-refractivity contribution in [2.45, 2.75) is 31.6 Å². The molecule has 16 heteroatoms. The third-order valence-corrected chi connectivity index (χ3v) is 8.44. The highest BCUT2D eigenvalue weighted by Crippen LogP contribution is 2.33. The van der Waals surface area contributed by atoms with E-state index in [1.165, 1.54) is 73.5 Å². The number of aryl methyl sites for hydroxylation is 2. The molecule has 1 saturated heterocycles. The van der Waals surface area contributed by atoms with Gasteiger partial charge in [-0.05, 0) is 54.4 Å². The van der Waals surface area contributed by atoms with Gasteiger partial charge in [0.15, 0.2) is 0 Å². The molecule has 264 valence electrons. The van der Waals surface area contributed by atoms with Gasteiger partial charge in [0.05, 0.1) is 35.9 Å². The Labute approximate surface area is 286 Å². The van der Waals surface area contributed by atoms with E-state index in [1.807, 2.05) is 0 Å². The Balaban J connectivity index is 1.28. The van der Waals surface area contributed by atoms with E-state index < -0.39 is 59.4 Å². The zero-order valence-electron chi connectivity index (χ0n) is 27.2. The molecule has 2 aromatic carbocycles. The quantitative estimate of drug-likeness (QED) is 0.146. The van der Waals surface area contributed by atoms with E-state index in [4.69, 9.17) is 9.47 Å². The first kappa shape index (κ1) is 34.9. The maximum atomic E-state index is 15.6. The molecule has 3 aromatic heterocycles. The van der Waals surface area contributed by atoms with Gasteiger partial charge in [-0.15, -0.1) is 0 Å². The predicted octanol–water partition coefficient (Wildman–Crippen LogP) is 3.64. The molecule has 1 fully saturated rings. The molecular formula is C35H30F4N6O6. The van der Waals surface area contributed by atoms with Crippen molar-refractivity contribution in [3.05, 3.63) is 123 Å². The van der Waals surface area contributed by atoms with Crippen molar-refractivity contribution >= 4 is 28.5 Å². The molecule has 0 saturated carbocycles. The van der Waals surface area contributed by atoms with Crippen LogP contribution < -0.4 is 26.2 Å². The number of halogens is 4. The fraction of sp³-hybridized carbons (Fsp3) is 0.257. The molecule has 4 heterocycles. The van der Waals surface area contributed by atoms with E-state index in [-0.39, 0.29) is 47.8 Å². The highest BCUT2D eigenvalue weighted by molar-refractivity contribution is 5.99. The van der Waals surface area contributed by atoms with E-state index in [0.717, 1.165) is 15.5 Å². The van der Waals surface area contributed by atoms with Crippen LogP contribution in [0.25, 0.3) is 16.7 Å². The van der Waals surface area contributed by atoms with Crippen LogP contribution in [0.1, 0.15) is 21.5 Å². The average Bonchev–Trinajstić information content (AvgIpc) is 3.11. The Morgan fingerprint density at radius 2 is 1.84 bits per heavy atom. The van der Waals surface area contributed by atoms with Crippen molar-refractivity contribution in [1.82, 2.24) is 24.4 Å². The normalized spacial score (nSPS) is 15.4. The number of fused-ring (bicyclic) bond motifs is 1. The molecule has 2 atom stereocenters. The van der Waals surface area contributed by atoms with Crippen LogP contribution in [0.5, 0.6) is 5.75 Å². The zero-order valence-corrected chi connectivity index (χ0v) is 27.2. The number of carbonyl (C=O) groups excluding carboxylic acids is 2. The summed E-state index contributed by atoms with van der Waals surface area (Å²) in [6.07, 6.45) is -0.712. The van der Waals surface area contributed by atoms with Gasteiger partial charge in [0.25, 0.3) is 11.5 Å². The topological polar surface area (TPSA) is 138 Å². The number of nitrogens with one attached hydrogen (secondary N) is 1. The number of amides is 1. The standard InChI is InChI=1S/C35H30F4N6O6/c1-20-14-22(44-12-13-50-19-28(44)35(37,38)39)16-25(36)30(20)31(46)42-26(33(48)51-23-6-4-3-5-7-23)15-21-8-9-29(41-17-21)45-32(47)24-10-11-40-18-27(24)43(2)34(45)49/h3-11,14,16-18,26,28H,12-13,15,19H2,1-2H3,(H,42,46)/t26-,28+/m0/s1. The minimum absolute atomic E-state index is 0.00123. The first-order valence-corrected chi connectivity index (χ1v) is 15.6. The lowest BCUT2D eigenvalue weighted by atomic mass is 10.0. The molecule has 1 aliphatic rings. The smallest absolute Gasteiger partial charge is 0.411 e. The number of nitrogens with zero attached hydrogens (tertiary/aromatic N) is 5. The van der Waals surface area contributed by atoms with Gasteiger partial charge < -0.3 is 19.7 Å². The number of morpholine rings is 1. The first-order valence-electron chi connectivity index (χ1n) is 15.6. The molecular weight excluding hydrogens is 676 g/mol. The van der Waals surface area contributed by atoms with Gasteiger partial charge in [-0.3, -0.25) is 19.1 Å². The fourth-order valence-corrected chi connectivity index (χ4v) is 5.86. The second-order valence-electron chi connectivity index (χ2n) is 11.8. The van der Waals surface area contributed by atoms with E-state index in [2.05, 4.69) is 15.3 Å². The summed E-state index contributed by atoms with van der Waals surface area (Å²) in [4.78, 5) is 62.4. The molecule has 6 rings (SSSR count). The molecule has 12 nitrogen and oxygen atoms in total. The monoisotopic (exact) mass is 706 g/mol. The van der Waals surface area contributed by atoms with Crippen molar-refractivity contribution in [2.75, 3.05) is 24.7 Å². The number of para-hydroxylation sites is 1. The molecule has 0 bridgehead atoms. The number of hydrogen-bond donors (Lipinski definition) is 1. The second kappa shape index (κ2) is 14.1. The lowest BCUT2D eigenvalue weighted by Crippen LogP contribution is -2.53. The Morgan fingerprint density at radius 1 is 1.08 bits per heavy atom. The Morgan fingerprint density at radius 3 is 2.53 bits per heavy atom. The Kier molecular flexibility index (Phi) is 9.69. The highest BCUT2D eigenvalue weighted by Gasteiger charge is 2.45. The minimum Gasteiger partial charge on any atom is -0.425 e. The van der Waals surface area contributed by atoms with Crippen LogP contribution in [0.2, 0.25) is 0 Å². The Bertz CT molecular complexity index is 2200. The number of alkyl halides is 3. The van der Waals surface area contributed by atoms with Crippen LogP contribution >= 0.6 is 0 Å². The van der Waals surface area contributed by atoms with Crippen molar-refractivity contribution in [3.8, 4) is 11.6 Å². The maximum absolute atomic E-state index is 15.6. The third-order valence-electron chi connectivity index (χ3n) is 8.44. The van der Waals surface area contributed by atoms with Crippen LogP contribution in [-0.4, -0.2) is 69.0 Å². The summed E-state index contributed by atoms with van der Waals surface area (Å²) in [5.41, 5.74) is -1.07. The van der Waals surface area contributed by atoms with Crippen molar-refractivity contribution in [3.63, 3.8) is 0 Å². The van der Waals surface area contributed by atoms with Gasteiger partial charge in [-0.25, -0.2) is 23.5 Å². The van der Waals surface area contributed by atoms with Crippen LogP contribution in [-0.2, 0) is 23.0 Å². The second-order valence-corrected chi connectivity index (χ2v) is 11.8. The van der Waals surface area contributed by atoms with Crippen molar-refractivity contribution < 1.29 is 36.6 Å². The van der Waals surface area contributed by atoms with Crippen LogP contribution in [0.3, 0.4) is 0 Å². The van der Waals surface area contributed by atoms with Gasteiger partial charge in [-0.2, -0.15) is 13.2 Å². The summed E-state index contributed by atoms with van der Waals surface area (Å²) >= 11 is 0. The number of benzene rings is 2. The third kappa shape index (κ3) is 7.21. The largest absolute Gasteiger partial charge is 0.425 e. The van der Waals surface area contributed by atoms with Crippen LogP contribution in [0.4, 0.5) is 23.2 Å². The van der Waals surface area contributed by atoms with E-state index >= 15 is 4.39 Å². The zero-order chi connectivity index (χ0) is 36.4. The number of pyridine rings is 2. The van der Waals surface area contributed by atoms with E-state index in [9.17, 15) is 32.3 Å². The predicted molar refractivity (Wildman–Crippen MR) is 177 cm³/mol. The summed E-state index contributed by atoms with van der Waals surface area (Å²) < 4.78 is 69.3. The van der Waals surface area contributed by atoms with E-state index in [1.54, 1.807) is 18.2 Å². The highest BCUT2D eigenvalue weighted by atomic mass is 19.4. The first-order chi connectivity index (χ1) is 24.3. The SMILES string of the molecule is Cc1cc(N2CCOC[C@@H]2C(F)(F)F)cc(F)c1C(=O)N[C@@H](Cc1ccc(-n2c(=O)c3ccncc3n(C)c2=O)nc1)C(=O)Oc1ccccc1. The number of anilines is 1. The molecule has 1 N–H and O–H groups in total. The number of esters is 1. The number of aromatic nitrogens is 4. The average molecular weight is 707 g/mol. The molecule has 0 unspecified atom stereocenters. The summed E-state index contributed by atoms with van der Waals surface area (Å²) in [7, 11) is 1.49. The Hall–Kier alpha value is -5.90. The van der Waals surface area contributed by atoms with Gasteiger partial charge in [0.2, 0.25) is 0 Å². The summed E-state index contributed by atoms with van der Waals surface area (Å²) in [6, 6.07) is 11.1. The van der Waals surface area contributed by atoms with Gasteiger partial charge in [0.1, 0.15) is 29.5 Å². The number of carbonyl (C=O) groups is 2. The van der Waals surface area contributed by atoms with Crippen molar-refractivity contribution in [2.24, 2.45) is 7.05 Å².